The van der Waals surface area contributed by atoms with Gasteiger partial charge in [0, 0.05) is 17.1 Å². The Labute approximate surface area is 139 Å². The molecule has 0 aromatic rings. The maximum Gasteiger partial charge on any atom is 1.00 e. The van der Waals surface area contributed by atoms with Crippen molar-refractivity contribution in [3.63, 3.8) is 0 Å². The molecular weight excluding hydrogens is 237 g/mol. The van der Waals surface area contributed by atoms with Gasteiger partial charge >= 0.3 is 79.3 Å². The smallest absolute Gasteiger partial charge is 1.00 e. The van der Waals surface area contributed by atoms with Crippen molar-refractivity contribution >= 4 is 26.4 Å². The Morgan fingerprint density at radius 1 is 1.00 bits per heavy atom. The molecule has 0 bridgehead atoms. The zero-order chi connectivity index (χ0) is 4.50. The van der Waals surface area contributed by atoms with Crippen molar-refractivity contribution in [2.75, 3.05) is 0 Å². The number of hydrogen-bond acceptors (Lipinski definition) is 4. The van der Waals surface area contributed by atoms with Crippen molar-refractivity contribution in [1.29, 1.82) is 0 Å². The third-order valence-electron chi connectivity index (χ3n) is 0. The maximum absolute atomic E-state index is 7.33. The quantitative estimate of drug-likeness (QED) is 0.319. The molecule has 0 fully saturated rings. The molecular formula is H11AlFeKLiO5Si. The van der Waals surface area contributed by atoms with Gasteiger partial charge in [0.15, 0.2) is 17.4 Å². The van der Waals surface area contributed by atoms with E-state index in [0.29, 0.717) is 0 Å². The van der Waals surface area contributed by atoms with Gasteiger partial charge in [-0.2, -0.15) is 0 Å². The van der Waals surface area contributed by atoms with Crippen LogP contribution in [0.15, 0.2) is 0 Å². The van der Waals surface area contributed by atoms with E-state index in [1.165, 1.54) is 0 Å². The molecule has 58 valence electrons. The maximum atomic E-state index is 7.33. The molecule has 0 saturated heterocycles. The molecule has 0 aliphatic rings. The predicted molar refractivity (Wildman–Crippen MR) is 30.4 cm³/mol. The SMILES string of the molecule is O.O[Si](O)(O)O.[AlH3].[Fe].[H-].[H-].[K+].[Li+]. The van der Waals surface area contributed by atoms with Crippen LogP contribution in [0.4, 0.5) is 0 Å². The molecule has 0 aliphatic heterocycles. The Hall–Kier alpha value is 3.30. The Balaban J connectivity index is -0.00000000381. The fourth-order valence-corrected chi connectivity index (χ4v) is 0. The molecule has 0 amide bonds. The van der Waals surface area contributed by atoms with Gasteiger partial charge in [-0.15, -0.1) is 0 Å². The summed E-state index contributed by atoms with van der Waals surface area (Å²) in [7, 11) is -4.61. The van der Waals surface area contributed by atoms with E-state index >= 15 is 0 Å². The van der Waals surface area contributed by atoms with Crippen LogP contribution in [0.1, 0.15) is 2.85 Å². The van der Waals surface area contributed by atoms with Crippen molar-refractivity contribution in [2.45, 2.75) is 0 Å². The summed E-state index contributed by atoms with van der Waals surface area (Å²) in [5, 5.41) is 0. The Bertz CT molecular complexity index is 44.9. The molecule has 10 heavy (non-hydrogen) atoms. The first-order valence-corrected chi connectivity index (χ1v) is 2.68. The first-order valence-electron chi connectivity index (χ1n) is 0.894. The molecule has 0 aliphatic carbocycles. The van der Waals surface area contributed by atoms with Gasteiger partial charge in [0.05, 0.1) is 0 Å². The van der Waals surface area contributed by atoms with Crippen molar-refractivity contribution < 1.29 is 115 Å². The van der Waals surface area contributed by atoms with Crippen LogP contribution >= 0.6 is 0 Å². The molecule has 10 heteroatoms. The summed E-state index contributed by atoms with van der Waals surface area (Å²) in [5.41, 5.74) is 0. The van der Waals surface area contributed by atoms with E-state index in [1.807, 2.05) is 0 Å². The largest absolute Gasteiger partial charge is 1.00 e. The third-order valence-corrected chi connectivity index (χ3v) is 0. The molecule has 0 aromatic heterocycles. The second kappa shape index (κ2) is 18.2. The number of hydrogen-bond donors (Lipinski definition) is 4. The molecule has 0 rings (SSSR count). The van der Waals surface area contributed by atoms with Gasteiger partial charge in [-0.3, -0.25) is 0 Å². The molecule has 0 heterocycles. The monoisotopic (exact) mass is 248 g/mol. The van der Waals surface area contributed by atoms with Gasteiger partial charge in [-0.1, -0.05) is 0 Å². The third kappa shape index (κ3) is 110. The minimum absolute atomic E-state index is 0. The molecule has 0 radical (unpaired) electrons. The van der Waals surface area contributed by atoms with Crippen molar-refractivity contribution in [2.24, 2.45) is 0 Å². The zero-order valence-electron chi connectivity index (χ0n) is 7.14. The second-order valence-electron chi connectivity index (χ2n) is 0.600. The average Bonchev–Trinajstić information content (AvgIpc) is 0.722. The standard InChI is InChI=1S/Al.Fe.K.Li.H4O4Si.H2O.5H/c;;;;1-5(2,3)4;;;;;;/h;;;;1-4H;1H2;;;;;/q;;2*+1;;;;;;2*-1. The summed E-state index contributed by atoms with van der Waals surface area (Å²) in [4.78, 5) is 29.3. The molecule has 0 atom stereocenters. The van der Waals surface area contributed by atoms with Crippen LogP contribution < -0.4 is 70.2 Å². The zero-order valence-corrected chi connectivity index (χ0v) is 10.4. The molecule has 0 saturated carbocycles. The summed E-state index contributed by atoms with van der Waals surface area (Å²) in [5.74, 6) is 0. The van der Waals surface area contributed by atoms with Crippen LogP contribution in [-0.2, 0) is 17.1 Å². The Morgan fingerprint density at radius 3 is 1.00 bits per heavy atom. The molecule has 5 nitrogen and oxygen atoms in total. The van der Waals surface area contributed by atoms with E-state index < -0.39 is 9.05 Å². The fraction of sp³-hybridized carbons (Fsp3) is 0. The summed E-state index contributed by atoms with van der Waals surface area (Å²) in [6.45, 7) is 0. The van der Waals surface area contributed by atoms with Gasteiger partial charge < -0.3 is 27.5 Å². The van der Waals surface area contributed by atoms with Gasteiger partial charge in [0.25, 0.3) is 0 Å². The molecule has 0 unspecified atom stereocenters. The first-order chi connectivity index (χ1) is 2.00. The van der Waals surface area contributed by atoms with Crippen molar-refractivity contribution in [3.05, 3.63) is 0 Å². The van der Waals surface area contributed by atoms with E-state index in [2.05, 4.69) is 0 Å². The van der Waals surface area contributed by atoms with E-state index in [0.717, 1.165) is 0 Å². The summed E-state index contributed by atoms with van der Waals surface area (Å²) in [6, 6.07) is 0. The van der Waals surface area contributed by atoms with Crippen molar-refractivity contribution in [3.8, 4) is 0 Å². The van der Waals surface area contributed by atoms with E-state index in [-0.39, 0.29) is 113 Å². The Kier molecular flexibility index (Phi) is 68.6. The van der Waals surface area contributed by atoms with Crippen LogP contribution in [0, 0.1) is 0 Å². The summed E-state index contributed by atoms with van der Waals surface area (Å²) < 4.78 is 0. The summed E-state index contributed by atoms with van der Waals surface area (Å²) in [6.07, 6.45) is 0. The molecule has 0 spiro atoms. The van der Waals surface area contributed by atoms with Crippen LogP contribution in [0.5, 0.6) is 0 Å². The van der Waals surface area contributed by atoms with E-state index in [9.17, 15) is 0 Å². The van der Waals surface area contributed by atoms with E-state index in [4.69, 9.17) is 19.2 Å². The first kappa shape index (κ1) is 37.8. The predicted octanol–water partition coefficient (Wildman–Crippen LogP) is -10.4. The topological polar surface area (TPSA) is 112 Å². The second-order valence-corrected chi connectivity index (χ2v) is 1.80. The minimum atomic E-state index is -4.61. The van der Waals surface area contributed by atoms with Gasteiger partial charge in [-0.05, 0) is 0 Å². The molecule has 6 N–H and O–H groups in total. The summed E-state index contributed by atoms with van der Waals surface area (Å²) >= 11 is 0. The van der Waals surface area contributed by atoms with Crippen molar-refractivity contribution in [1.82, 2.24) is 0 Å². The normalized spacial score (nSPS) is 6.00. The Morgan fingerprint density at radius 2 is 1.00 bits per heavy atom. The van der Waals surface area contributed by atoms with Gasteiger partial charge in [-0.25, -0.2) is 0 Å². The number of rotatable bonds is 0. The molecule has 0 aromatic carbocycles. The van der Waals surface area contributed by atoms with Crippen LogP contribution in [0.2, 0.25) is 0 Å². The van der Waals surface area contributed by atoms with Crippen LogP contribution in [0.3, 0.4) is 0 Å². The minimum Gasteiger partial charge on any atom is -1.00 e. The van der Waals surface area contributed by atoms with Gasteiger partial charge in [0.1, 0.15) is 0 Å². The fourth-order valence-electron chi connectivity index (χ4n) is 0. The van der Waals surface area contributed by atoms with Gasteiger partial charge in [0.2, 0.25) is 0 Å². The van der Waals surface area contributed by atoms with E-state index in [1.54, 1.807) is 0 Å². The average molecular weight is 248 g/mol. The van der Waals surface area contributed by atoms with Crippen LogP contribution in [0.25, 0.3) is 0 Å². The van der Waals surface area contributed by atoms with Crippen LogP contribution in [-0.4, -0.2) is 51.1 Å².